The number of amides is 1. The van der Waals surface area contributed by atoms with Gasteiger partial charge in [-0.05, 0) is 61.9 Å². The van der Waals surface area contributed by atoms with Crippen LogP contribution < -0.4 is 10.6 Å². The largest absolute Gasteiger partial charge is 0.416 e. The minimum Gasteiger partial charge on any atom is -0.393 e. The minimum atomic E-state index is -4.64. The van der Waals surface area contributed by atoms with Crippen molar-refractivity contribution in [2.45, 2.75) is 38.0 Å². The van der Waals surface area contributed by atoms with Crippen molar-refractivity contribution in [3.8, 4) is 6.07 Å². The van der Waals surface area contributed by atoms with E-state index >= 15 is 0 Å². The molecule has 3 N–H and O–H groups in total. The summed E-state index contributed by atoms with van der Waals surface area (Å²) in [5.41, 5.74) is -1.16. The van der Waals surface area contributed by atoms with Gasteiger partial charge in [0.1, 0.15) is 5.82 Å². The summed E-state index contributed by atoms with van der Waals surface area (Å²) in [6.45, 7) is 0.576. The molecule has 158 valence electrons. The number of aromatic nitrogens is 1. The van der Waals surface area contributed by atoms with Gasteiger partial charge in [-0.15, -0.1) is 0 Å². The summed E-state index contributed by atoms with van der Waals surface area (Å²) < 4.78 is 39.2. The monoisotopic (exact) mass is 418 g/mol. The standard InChI is InChI=1S/C21H21F3N4O2/c22-21(23,24)15-8-14(11-25)9-16(10-15)28-20(30)18-2-1-7-26-19(18)27-12-13-3-5-17(29)6-4-13/h1-2,7-10,13,17,29H,3-6,12H2,(H,26,27)(H,28,30)/t13-,17+. The second-order valence-corrected chi connectivity index (χ2v) is 7.32. The van der Waals surface area contributed by atoms with Crippen LogP contribution in [-0.2, 0) is 6.18 Å². The minimum absolute atomic E-state index is 0.123. The highest BCUT2D eigenvalue weighted by molar-refractivity contribution is 6.07. The molecule has 2 aromatic rings. The maximum atomic E-state index is 13.1. The Bertz CT molecular complexity index is 948. The Hall–Kier alpha value is -3.12. The lowest BCUT2D eigenvalue weighted by Crippen LogP contribution is -2.25. The lowest BCUT2D eigenvalue weighted by Gasteiger charge is -2.25. The van der Waals surface area contributed by atoms with Gasteiger partial charge < -0.3 is 15.7 Å². The van der Waals surface area contributed by atoms with Crippen molar-refractivity contribution in [2.24, 2.45) is 5.92 Å². The van der Waals surface area contributed by atoms with Crippen LogP contribution in [0.1, 0.15) is 47.2 Å². The number of anilines is 2. The maximum Gasteiger partial charge on any atom is 0.416 e. The van der Waals surface area contributed by atoms with Crippen molar-refractivity contribution < 1.29 is 23.1 Å². The molecule has 1 aromatic heterocycles. The van der Waals surface area contributed by atoms with E-state index in [0.717, 1.165) is 37.8 Å². The molecule has 0 saturated heterocycles. The number of benzene rings is 1. The van der Waals surface area contributed by atoms with Crippen LogP contribution in [0.2, 0.25) is 0 Å². The molecule has 1 amide bonds. The molecule has 1 heterocycles. The Morgan fingerprint density at radius 1 is 1.23 bits per heavy atom. The molecule has 0 spiro atoms. The van der Waals surface area contributed by atoms with E-state index < -0.39 is 17.6 Å². The normalized spacial score (nSPS) is 19.0. The molecule has 1 fully saturated rings. The second kappa shape index (κ2) is 9.13. The molecule has 1 aliphatic carbocycles. The van der Waals surface area contributed by atoms with Crippen molar-refractivity contribution in [3.05, 3.63) is 53.2 Å². The van der Waals surface area contributed by atoms with Gasteiger partial charge in [-0.1, -0.05) is 0 Å². The van der Waals surface area contributed by atoms with Gasteiger partial charge in [-0.2, -0.15) is 18.4 Å². The van der Waals surface area contributed by atoms with Crippen LogP contribution in [0.15, 0.2) is 36.5 Å². The van der Waals surface area contributed by atoms with Gasteiger partial charge in [0.25, 0.3) is 5.91 Å². The van der Waals surface area contributed by atoms with E-state index in [1.807, 2.05) is 0 Å². The fourth-order valence-corrected chi connectivity index (χ4v) is 3.45. The summed E-state index contributed by atoms with van der Waals surface area (Å²) in [4.78, 5) is 16.9. The molecule has 6 nitrogen and oxygen atoms in total. The number of alkyl halides is 3. The zero-order valence-electron chi connectivity index (χ0n) is 16.0. The second-order valence-electron chi connectivity index (χ2n) is 7.32. The van der Waals surface area contributed by atoms with Crippen LogP contribution in [0, 0.1) is 17.2 Å². The highest BCUT2D eigenvalue weighted by Gasteiger charge is 2.31. The van der Waals surface area contributed by atoms with Crippen LogP contribution >= 0.6 is 0 Å². The summed E-state index contributed by atoms with van der Waals surface area (Å²) in [6.07, 6.45) is -0.184. The Morgan fingerprint density at radius 2 is 1.97 bits per heavy atom. The van der Waals surface area contributed by atoms with Gasteiger partial charge >= 0.3 is 6.18 Å². The van der Waals surface area contributed by atoms with Gasteiger partial charge in [0, 0.05) is 18.4 Å². The number of nitrogens with one attached hydrogen (secondary N) is 2. The van der Waals surface area contributed by atoms with Crippen molar-refractivity contribution >= 4 is 17.4 Å². The van der Waals surface area contributed by atoms with E-state index in [9.17, 15) is 23.1 Å². The van der Waals surface area contributed by atoms with Gasteiger partial charge in [-0.25, -0.2) is 4.98 Å². The molecule has 1 aromatic carbocycles. The van der Waals surface area contributed by atoms with Gasteiger partial charge in [0.2, 0.25) is 0 Å². The topological polar surface area (TPSA) is 98.0 Å². The van der Waals surface area contributed by atoms with E-state index in [1.165, 1.54) is 18.3 Å². The lowest BCUT2D eigenvalue weighted by molar-refractivity contribution is -0.137. The Balaban J connectivity index is 1.74. The number of pyridine rings is 1. The van der Waals surface area contributed by atoms with Crippen LogP contribution in [0.3, 0.4) is 0 Å². The number of aliphatic hydroxyl groups is 1. The number of hydrogen-bond donors (Lipinski definition) is 3. The number of carbonyl (C=O) groups is 1. The fourth-order valence-electron chi connectivity index (χ4n) is 3.45. The first-order valence-electron chi connectivity index (χ1n) is 9.57. The molecular weight excluding hydrogens is 397 g/mol. The third-order valence-electron chi connectivity index (χ3n) is 5.07. The van der Waals surface area contributed by atoms with Crippen LogP contribution in [0.5, 0.6) is 0 Å². The molecule has 0 unspecified atom stereocenters. The summed E-state index contributed by atoms with van der Waals surface area (Å²) in [5, 5.41) is 24.2. The van der Waals surface area contributed by atoms with Gasteiger partial charge in [0.05, 0.1) is 28.9 Å². The Morgan fingerprint density at radius 3 is 2.63 bits per heavy atom. The zero-order chi connectivity index (χ0) is 21.7. The number of rotatable bonds is 5. The van der Waals surface area contributed by atoms with Gasteiger partial charge in [0.15, 0.2) is 0 Å². The van der Waals surface area contributed by atoms with Crippen LogP contribution in [-0.4, -0.2) is 28.6 Å². The van der Waals surface area contributed by atoms with Crippen LogP contribution in [0.4, 0.5) is 24.7 Å². The summed E-state index contributed by atoms with van der Waals surface area (Å²) in [5.74, 6) is 0.0365. The summed E-state index contributed by atoms with van der Waals surface area (Å²) in [6, 6.07) is 7.45. The highest BCUT2D eigenvalue weighted by Crippen LogP contribution is 2.32. The average molecular weight is 418 g/mol. The van der Waals surface area contributed by atoms with Crippen LogP contribution in [0.25, 0.3) is 0 Å². The maximum absolute atomic E-state index is 13.1. The van der Waals surface area contributed by atoms with Crippen molar-refractivity contribution in [1.82, 2.24) is 4.98 Å². The molecule has 0 atom stereocenters. The predicted octanol–water partition coefficient (Wildman–Crippen LogP) is 4.19. The lowest BCUT2D eigenvalue weighted by atomic mass is 9.87. The quantitative estimate of drug-likeness (QED) is 0.677. The SMILES string of the molecule is N#Cc1cc(NC(=O)c2cccnc2NC[C@H]2CC[C@@H](O)CC2)cc(C(F)(F)F)c1. The summed E-state index contributed by atoms with van der Waals surface area (Å²) >= 11 is 0. The number of hydrogen-bond acceptors (Lipinski definition) is 5. The molecule has 30 heavy (non-hydrogen) atoms. The van der Waals surface area contributed by atoms with Crippen molar-refractivity contribution in [3.63, 3.8) is 0 Å². The molecule has 1 aliphatic rings. The van der Waals surface area contributed by atoms with E-state index in [4.69, 9.17) is 5.26 Å². The van der Waals surface area contributed by atoms with E-state index in [0.29, 0.717) is 18.3 Å². The molecule has 9 heteroatoms. The number of aliphatic hydroxyl groups excluding tert-OH is 1. The molecule has 3 rings (SSSR count). The third-order valence-corrected chi connectivity index (χ3v) is 5.07. The number of nitrogens with zero attached hydrogens (tertiary/aromatic N) is 2. The molecule has 0 radical (unpaired) electrons. The average Bonchev–Trinajstić information content (AvgIpc) is 2.72. The van der Waals surface area contributed by atoms with E-state index in [1.54, 1.807) is 12.1 Å². The molecule has 0 aliphatic heterocycles. The Kier molecular flexibility index (Phi) is 6.57. The number of nitriles is 1. The first-order chi connectivity index (χ1) is 14.3. The zero-order valence-corrected chi connectivity index (χ0v) is 16.0. The summed E-state index contributed by atoms with van der Waals surface area (Å²) in [7, 11) is 0. The fraction of sp³-hybridized carbons (Fsp3) is 0.381. The van der Waals surface area contributed by atoms with Gasteiger partial charge in [-0.3, -0.25) is 4.79 Å². The van der Waals surface area contributed by atoms with Crippen molar-refractivity contribution in [1.29, 1.82) is 5.26 Å². The first kappa shape index (κ1) is 21.6. The number of halogens is 3. The number of carbonyl (C=O) groups excluding carboxylic acids is 1. The first-order valence-corrected chi connectivity index (χ1v) is 9.57. The van der Waals surface area contributed by atoms with E-state index in [-0.39, 0.29) is 22.9 Å². The third kappa shape index (κ3) is 5.48. The molecule has 1 saturated carbocycles. The molecular formula is C21H21F3N4O2. The Labute approximate surface area is 171 Å². The predicted molar refractivity (Wildman–Crippen MR) is 105 cm³/mol. The highest BCUT2D eigenvalue weighted by atomic mass is 19.4. The molecule has 0 bridgehead atoms. The van der Waals surface area contributed by atoms with E-state index in [2.05, 4.69) is 15.6 Å². The van der Waals surface area contributed by atoms with Crippen molar-refractivity contribution in [2.75, 3.05) is 17.2 Å². The smallest absolute Gasteiger partial charge is 0.393 e.